The Morgan fingerprint density at radius 1 is 0.444 bits per heavy atom. The summed E-state index contributed by atoms with van der Waals surface area (Å²) in [6.45, 7) is 32.6. The molecule has 0 aliphatic heterocycles. The average molecular weight is 487 g/mol. The molecule has 0 heterocycles. The molecule has 0 fully saturated rings. The maximum Gasteiger partial charge on any atom is 0.467 e. The highest BCUT2D eigenvalue weighted by Crippen LogP contribution is 2.34. The van der Waals surface area contributed by atoms with Gasteiger partial charge in [-0.3, -0.25) is 0 Å². The summed E-state index contributed by atoms with van der Waals surface area (Å²) in [7, 11) is -13.1. The number of hydrogen-bond acceptors (Lipinski definition) is 5. The Bertz CT molecular complexity index is 465. The predicted octanol–water partition coefficient (Wildman–Crippen LogP) is 6.33. The van der Waals surface area contributed by atoms with Crippen molar-refractivity contribution in [2.75, 3.05) is 0 Å². The van der Waals surface area contributed by atoms with Crippen LogP contribution in [0, 0.1) is 0 Å². The molecular weight excluding hydrogens is 441 g/mol. The van der Waals surface area contributed by atoms with Crippen LogP contribution in [0.15, 0.2) is 0 Å². The molecule has 0 bridgehead atoms. The lowest BCUT2D eigenvalue weighted by Gasteiger charge is -2.46. The van der Waals surface area contributed by atoms with Crippen molar-refractivity contribution in [3.8, 4) is 0 Å². The lowest BCUT2D eigenvalue weighted by molar-refractivity contribution is 0.219. The largest absolute Gasteiger partial charge is 0.467 e. The topological polar surface area (TPSA) is 46.2 Å². The Morgan fingerprint density at radius 3 is 1.04 bits per heavy atom. The molecule has 5 nitrogen and oxygen atoms in total. The first-order chi connectivity index (χ1) is 11.5. The molecule has 0 aromatic heterocycles. The molecule has 0 N–H and O–H groups in total. The van der Waals surface area contributed by atoms with E-state index < -0.39 is 50.9 Å². The van der Waals surface area contributed by atoms with Gasteiger partial charge in [0.25, 0.3) is 0 Å². The molecule has 1 atom stereocenters. The summed E-state index contributed by atoms with van der Waals surface area (Å²) in [5.74, 6) is 0. The van der Waals surface area contributed by atoms with Crippen LogP contribution >= 0.6 is 0 Å². The van der Waals surface area contributed by atoms with Crippen LogP contribution in [0.25, 0.3) is 0 Å². The van der Waals surface area contributed by atoms with Gasteiger partial charge in [-0.25, -0.2) is 0 Å². The van der Waals surface area contributed by atoms with Gasteiger partial charge >= 0.3 is 25.9 Å². The van der Waals surface area contributed by atoms with Gasteiger partial charge < -0.3 is 20.6 Å². The van der Waals surface area contributed by atoms with Crippen molar-refractivity contribution < 1.29 is 20.6 Å². The second-order valence-electron chi connectivity index (χ2n) is 11.3. The van der Waals surface area contributed by atoms with Gasteiger partial charge in [-0.05, 0) is 84.1 Å². The first-order valence-corrected chi connectivity index (χ1v) is 27.6. The Morgan fingerprint density at radius 2 is 0.778 bits per heavy atom. The molecule has 0 spiro atoms. The smallest absolute Gasteiger partial charge is 0.437 e. The van der Waals surface area contributed by atoms with Gasteiger partial charge in [-0.15, -0.1) is 0 Å². The van der Waals surface area contributed by atoms with Crippen LogP contribution in [-0.4, -0.2) is 50.9 Å². The van der Waals surface area contributed by atoms with Gasteiger partial charge in [0.1, 0.15) is 0 Å². The van der Waals surface area contributed by atoms with Gasteiger partial charge in [0.05, 0.1) is 0 Å². The summed E-state index contributed by atoms with van der Waals surface area (Å²) >= 11 is 0. The van der Waals surface area contributed by atoms with Crippen LogP contribution in [0.2, 0.25) is 90.7 Å². The lowest BCUT2D eigenvalue weighted by atomic mass is 10.6. The summed E-state index contributed by atoms with van der Waals surface area (Å²) in [4.78, 5) is 0. The van der Waals surface area contributed by atoms with E-state index >= 15 is 0 Å². The first kappa shape index (κ1) is 28.1. The van der Waals surface area contributed by atoms with E-state index in [2.05, 4.69) is 99.0 Å². The van der Waals surface area contributed by atoms with E-state index in [0.717, 1.165) is 0 Å². The highest BCUT2D eigenvalue weighted by molar-refractivity contribution is 6.92. The average Bonchev–Trinajstić information content (AvgIpc) is 2.15. The Kier molecular flexibility index (Phi) is 9.45. The fourth-order valence-corrected chi connectivity index (χ4v) is 29.3. The summed E-state index contributed by atoms with van der Waals surface area (Å²) in [6, 6.07) is 0. The molecule has 164 valence electrons. The number of rotatable bonds is 11. The second kappa shape index (κ2) is 9.08. The molecule has 0 aliphatic rings. The summed E-state index contributed by atoms with van der Waals surface area (Å²) < 4.78 is 33.2. The highest BCUT2D eigenvalue weighted by Gasteiger charge is 2.53. The van der Waals surface area contributed by atoms with Crippen LogP contribution in [0.4, 0.5) is 0 Å². The van der Waals surface area contributed by atoms with E-state index in [4.69, 9.17) is 20.6 Å². The third kappa shape index (κ3) is 12.4. The molecule has 0 aromatic carbocycles. The van der Waals surface area contributed by atoms with Gasteiger partial charge in [0.15, 0.2) is 25.0 Å². The van der Waals surface area contributed by atoms with Crippen molar-refractivity contribution in [3.63, 3.8) is 0 Å². The van der Waals surface area contributed by atoms with Gasteiger partial charge in [0, 0.05) is 6.55 Å². The van der Waals surface area contributed by atoms with Crippen molar-refractivity contribution in [2.24, 2.45) is 0 Å². The van der Waals surface area contributed by atoms with E-state index in [0.29, 0.717) is 0 Å². The second-order valence-corrected chi connectivity index (χ2v) is 35.7. The summed E-state index contributed by atoms with van der Waals surface area (Å²) in [5, 5.41) is 0. The molecule has 1 unspecified atom stereocenters. The predicted molar refractivity (Wildman–Crippen MR) is 131 cm³/mol. The Balaban J connectivity index is 5.80. The van der Waals surface area contributed by atoms with Gasteiger partial charge in [-0.1, -0.05) is 13.8 Å². The van der Waals surface area contributed by atoms with E-state index in [9.17, 15) is 0 Å². The molecular formula is C16H46O5Si6. The normalized spacial score (nSPS) is 17.3. The summed E-state index contributed by atoms with van der Waals surface area (Å²) in [6.07, 6.45) is 0. The molecule has 0 rings (SSSR count). The molecule has 0 aromatic rings. The van der Waals surface area contributed by atoms with Crippen LogP contribution in [0.1, 0.15) is 13.8 Å². The monoisotopic (exact) mass is 486 g/mol. The number of hydrogen-bond donors (Lipinski definition) is 0. The van der Waals surface area contributed by atoms with Gasteiger partial charge in [-0.2, -0.15) is 0 Å². The maximum absolute atomic E-state index is 6.84. The van der Waals surface area contributed by atoms with Crippen molar-refractivity contribution >= 4 is 50.9 Å². The van der Waals surface area contributed by atoms with Crippen molar-refractivity contribution in [3.05, 3.63) is 0 Å². The molecule has 0 saturated carbocycles. The van der Waals surface area contributed by atoms with E-state index in [1.807, 2.05) is 0 Å². The maximum atomic E-state index is 6.84. The van der Waals surface area contributed by atoms with E-state index in [1.54, 1.807) is 0 Å². The van der Waals surface area contributed by atoms with Crippen LogP contribution in [-0.2, 0) is 20.6 Å². The van der Waals surface area contributed by atoms with Crippen molar-refractivity contribution in [1.82, 2.24) is 0 Å². The lowest BCUT2D eigenvalue weighted by Crippen LogP contribution is -2.64. The fourth-order valence-electron chi connectivity index (χ4n) is 3.05. The third-order valence-electron chi connectivity index (χ3n) is 3.42. The van der Waals surface area contributed by atoms with Crippen LogP contribution in [0.3, 0.4) is 0 Å². The zero-order valence-corrected chi connectivity index (χ0v) is 26.6. The minimum atomic E-state index is -2.84. The standard InChI is InChI=1S/C16H46O5Si6/c1-16(2)26(14,20-25(12,13)17-22(3,4)5)21-27(15,18-23(6,7)8)19-24(9,10)11/h16H,1-15H3. The zero-order valence-electron chi connectivity index (χ0n) is 20.6. The molecule has 0 saturated heterocycles. The first-order valence-electron chi connectivity index (χ1n) is 9.98. The SMILES string of the molecule is CC(C)[Si](C)(O[Si](C)(C)O[Si](C)(C)C)O[Si](C)(O[Si](C)(C)C)O[Si](C)(C)C. The van der Waals surface area contributed by atoms with Gasteiger partial charge in [0.2, 0.25) is 0 Å². The quantitative estimate of drug-likeness (QED) is 0.319. The molecule has 0 aliphatic carbocycles. The van der Waals surface area contributed by atoms with Crippen molar-refractivity contribution in [1.29, 1.82) is 0 Å². The highest BCUT2D eigenvalue weighted by atomic mass is 28.5. The Hall–Kier alpha value is 1.10. The van der Waals surface area contributed by atoms with E-state index in [-0.39, 0.29) is 5.54 Å². The molecule has 11 heteroatoms. The van der Waals surface area contributed by atoms with Crippen LogP contribution in [0.5, 0.6) is 0 Å². The third-order valence-corrected chi connectivity index (χ3v) is 24.5. The van der Waals surface area contributed by atoms with Crippen LogP contribution < -0.4 is 0 Å². The van der Waals surface area contributed by atoms with E-state index in [1.165, 1.54) is 0 Å². The summed E-state index contributed by atoms with van der Waals surface area (Å²) in [5.41, 5.74) is 0.275. The minimum absolute atomic E-state index is 0.275. The molecule has 0 amide bonds. The molecule has 0 radical (unpaired) electrons. The molecule has 27 heavy (non-hydrogen) atoms. The fraction of sp³-hybridized carbons (Fsp3) is 1.00. The Labute approximate surface area is 175 Å². The van der Waals surface area contributed by atoms with Crippen molar-refractivity contribution in [2.45, 2.75) is 104 Å². The zero-order chi connectivity index (χ0) is 22.1. The minimum Gasteiger partial charge on any atom is -0.437 e.